The number of carbonyl (C=O) groups is 4. The van der Waals surface area contributed by atoms with Crippen LogP contribution in [0.15, 0.2) is 18.2 Å². The lowest BCUT2D eigenvalue weighted by Gasteiger charge is -2.50. The normalized spacial score (nSPS) is 27.9. The van der Waals surface area contributed by atoms with Gasteiger partial charge >= 0.3 is 11.9 Å². The molecular formula is C28H41N3O8S. The molecule has 3 aliphatic carbocycles. The molecule has 8 N–H and O–H groups in total. The third-order valence-corrected chi connectivity index (χ3v) is 9.27. The minimum atomic E-state index is -1.22. The number of aliphatic hydroxyl groups excluding tert-OH is 1. The second-order valence-electron chi connectivity index (χ2n) is 11.3. The summed E-state index contributed by atoms with van der Waals surface area (Å²) in [7, 11) is 0. The molecule has 1 aromatic carbocycles. The number of rotatable bonds is 9. The molecule has 0 saturated heterocycles. The molecule has 4 rings (SSSR count). The number of aromatic hydroxyl groups is 1. The third-order valence-electron chi connectivity index (χ3n) is 8.91. The highest BCUT2D eigenvalue weighted by atomic mass is 32.1. The number of phenolic OH excluding ortho intramolecular Hbond substituents is 1. The summed E-state index contributed by atoms with van der Waals surface area (Å²) in [5, 5.41) is 41.4. The molecule has 12 heteroatoms. The van der Waals surface area contributed by atoms with E-state index >= 15 is 0 Å². The molecule has 222 valence electrons. The molecule has 0 aromatic heterocycles. The van der Waals surface area contributed by atoms with Crippen LogP contribution in [0.5, 0.6) is 5.75 Å². The van der Waals surface area contributed by atoms with Crippen molar-refractivity contribution in [1.29, 1.82) is 0 Å². The first-order chi connectivity index (χ1) is 18.9. The van der Waals surface area contributed by atoms with Gasteiger partial charge in [-0.05, 0) is 91.4 Å². The number of hydrogen-bond donors (Lipinski definition) is 8. The molecule has 2 fully saturated rings. The monoisotopic (exact) mass is 579 g/mol. The first kappa shape index (κ1) is 31.7. The number of amides is 2. The van der Waals surface area contributed by atoms with Crippen LogP contribution < -0.4 is 16.4 Å². The van der Waals surface area contributed by atoms with Crippen molar-refractivity contribution in [1.82, 2.24) is 10.6 Å². The topological polar surface area (TPSA) is 199 Å². The van der Waals surface area contributed by atoms with Crippen molar-refractivity contribution in [3.63, 3.8) is 0 Å². The molecule has 40 heavy (non-hydrogen) atoms. The van der Waals surface area contributed by atoms with E-state index in [4.69, 9.17) is 15.9 Å². The fourth-order valence-electron chi connectivity index (χ4n) is 6.70. The predicted molar refractivity (Wildman–Crippen MR) is 150 cm³/mol. The fraction of sp³-hybridized carbons (Fsp3) is 0.643. The highest BCUT2D eigenvalue weighted by Crippen LogP contribution is 2.60. The number of nitrogens with one attached hydrogen (secondary N) is 2. The van der Waals surface area contributed by atoms with Crippen LogP contribution in [0.3, 0.4) is 0 Å². The number of thiol groups is 1. The molecule has 1 aromatic rings. The Labute approximate surface area is 239 Å². The number of hydrogen-bond acceptors (Lipinski definition) is 8. The molecule has 11 nitrogen and oxygen atoms in total. The molecule has 3 aliphatic rings. The van der Waals surface area contributed by atoms with Gasteiger partial charge in [-0.2, -0.15) is 12.6 Å². The second kappa shape index (κ2) is 13.7. The van der Waals surface area contributed by atoms with Gasteiger partial charge in [-0.15, -0.1) is 0 Å². The Kier molecular flexibility index (Phi) is 10.8. The molecule has 0 bridgehead atoms. The number of carbonyl (C=O) groups excluding carboxylic acids is 2. The van der Waals surface area contributed by atoms with Crippen molar-refractivity contribution in [3.8, 4) is 5.75 Å². The van der Waals surface area contributed by atoms with Crippen LogP contribution in [-0.2, 0) is 25.6 Å². The average molecular weight is 580 g/mol. The number of aryl methyl sites for hydroxylation is 1. The number of aliphatic hydroxyl groups is 1. The number of carboxylic acid groups (broad SMARTS) is 2. The van der Waals surface area contributed by atoms with E-state index in [1.165, 1.54) is 30.4 Å². The minimum absolute atomic E-state index is 0.0256. The summed E-state index contributed by atoms with van der Waals surface area (Å²) < 4.78 is 0. The first-order valence-electron chi connectivity index (χ1n) is 13.7. The van der Waals surface area contributed by atoms with E-state index in [2.05, 4.69) is 36.3 Å². The van der Waals surface area contributed by atoms with Crippen molar-refractivity contribution < 1.29 is 39.6 Å². The lowest BCUT2D eigenvalue weighted by atomic mass is 9.55. The third kappa shape index (κ3) is 7.46. The van der Waals surface area contributed by atoms with E-state index < -0.39 is 42.4 Å². The van der Waals surface area contributed by atoms with Crippen LogP contribution in [0.4, 0.5) is 0 Å². The highest BCUT2D eigenvalue weighted by Gasteiger charge is 2.54. The SMILES string of the molecule is C[C@]12CC[C@@H]3c4ccc(O)cc4CC[C@H]3[C@@H]1CCC2O.N[C@@H](CCC(=O)N[C@@H](CS)C(=O)NCC(=O)O)C(=O)O. The quantitative estimate of drug-likeness (QED) is 0.199. The van der Waals surface area contributed by atoms with Crippen molar-refractivity contribution >= 4 is 36.4 Å². The maximum absolute atomic E-state index is 11.5. The molecule has 0 heterocycles. The molecule has 2 saturated carbocycles. The van der Waals surface area contributed by atoms with Crippen molar-refractivity contribution in [2.45, 2.75) is 82.4 Å². The van der Waals surface area contributed by atoms with Crippen molar-refractivity contribution in [3.05, 3.63) is 29.3 Å². The maximum atomic E-state index is 11.5. The molecule has 0 spiro atoms. The van der Waals surface area contributed by atoms with Gasteiger partial charge in [0.2, 0.25) is 11.8 Å². The van der Waals surface area contributed by atoms with Gasteiger partial charge in [0.15, 0.2) is 0 Å². The summed E-state index contributed by atoms with van der Waals surface area (Å²) in [5.74, 6) is -1.22. The zero-order valence-corrected chi connectivity index (χ0v) is 23.6. The molecular weight excluding hydrogens is 538 g/mol. The minimum Gasteiger partial charge on any atom is -0.508 e. The smallest absolute Gasteiger partial charge is 0.322 e. The van der Waals surface area contributed by atoms with Crippen molar-refractivity contribution in [2.75, 3.05) is 12.3 Å². The maximum Gasteiger partial charge on any atom is 0.322 e. The molecule has 0 aliphatic heterocycles. The summed E-state index contributed by atoms with van der Waals surface area (Å²) in [5.41, 5.74) is 8.22. The Balaban J connectivity index is 0.000000220. The summed E-state index contributed by atoms with van der Waals surface area (Å²) in [6, 6.07) is 3.80. The first-order valence-corrected chi connectivity index (χ1v) is 14.4. The van der Waals surface area contributed by atoms with Gasteiger partial charge in [0.05, 0.1) is 6.10 Å². The highest BCUT2D eigenvalue weighted by molar-refractivity contribution is 7.80. The van der Waals surface area contributed by atoms with E-state index in [9.17, 15) is 29.4 Å². The Bertz CT molecular complexity index is 1100. The van der Waals surface area contributed by atoms with Gasteiger partial charge in [-0.25, -0.2) is 0 Å². The number of phenols is 1. The zero-order valence-electron chi connectivity index (χ0n) is 22.7. The van der Waals surface area contributed by atoms with Gasteiger partial charge in [-0.1, -0.05) is 13.0 Å². The summed E-state index contributed by atoms with van der Waals surface area (Å²) in [6.07, 6.45) is 6.55. The van der Waals surface area contributed by atoms with Crippen LogP contribution >= 0.6 is 12.6 Å². The van der Waals surface area contributed by atoms with E-state index in [1.54, 1.807) is 0 Å². The Morgan fingerprint density at radius 2 is 1.88 bits per heavy atom. The number of benzene rings is 1. The molecule has 7 atom stereocenters. The van der Waals surface area contributed by atoms with Gasteiger partial charge in [0.25, 0.3) is 0 Å². The van der Waals surface area contributed by atoms with Crippen LogP contribution in [0.25, 0.3) is 0 Å². The lowest BCUT2D eigenvalue weighted by molar-refractivity contribution is -0.139. The van der Waals surface area contributed by atoms with Crippen LogP contribution in [0.1, 0.15) is 68.9 Å². The Morgan fingerprint density at radius 3 is 2.52 bits per heavy atom. The summed E-state index contributed by atoms with van der Waals surface area (Å²) in [4.78, 5) is 43.7. The standard InChI is InChI=1S/C18H24O2.C10H17N3O6S/c1-18-9-8-14-13-5-3-12(19)10-11(13)2-4-15(14)16(18)6-7-17(18)20;11-5(10(18)19)1-2-7(14)13-6(4-20)9(17)12-3-8(15)16/h3,5,10,14-17,19-20H,2,4,6-9H2,1H3;5-6,20H,1-4,11H2,(H,12,17)(H,13,14)(H,15,16)(H,18,19)/t14-,15-,16+,17?,18+;5-,6-/m10/s1. The van der Waals surface area contributed by atoms with Crippen LogP contribution in [0, 0.1) is 17.3 Å². The van der Waals surface area contributed by atoms with Crippen LogP contribution in [-0.4, -0.2) is 74.7 Å². The van der Waals surface area contributed by atoms with Crippen molar-refractivity contribution in [2.24, 2.45) is 23.0 Å². The largest absolute Gasteiger partial charge is 0.508 e. The van der Waals surface area contributed by atoms with Gasteiger partial charge in [-0.3, -0.25) is 19.2 Å². The fourth-order valence-corrected chi connectivity index (χ4v) is 6.95. The van der Waals surface area contributed by atoms with E-state index in [1.807, 2.05) is 12.1 Å². The summed E-state index contributed by atoms with van der Waals surface area (Å²) in [6.45, 7) is 1.75. The van der Waals surface area contributed by atoms with Gasteiger partial charge in [0, 0.05) is 12.2 Å². The van der Waals surface area contributed by atoms with E-state index in [0.29, 0.717) is 17.6 Å². The zero-order chi connectivity index (χ0) is 29.6. The summed E-state index contributed by atoms with van der Waals surface area (Å²) >= 11 is 3.87. The number of aliphatic carboxylic acids is 2. The van der Waals surface area contributed by atoms with E-state index in [0.717, 1.165) is 25.2 Å². The molecule has 0 radical (unpaired) electrons. The Hall–Kier alpha value is -2.83. The predicted octanol–water partition coefficient (Wildman–Crippen LogP) is 1.40. The number of carboxylic acids is 2. The van der Waals surface area contributed by atoms with Crippen LogP contribution in [0.2, 0.25) is 0 Å². The number of fused-ring (bicyclic) bond motifs is 5. The molecule has 2 amide bonds. The second-order valence-corrected chi connectivity index (χ2v) is 11.7. The lowest BCUT2D eigenvalue weighted by Crippen LogP contribution is -2.49. The average Bonchev–Trinajstić information content (AvgIpc) is 3.22. The van der Waals surface area contributed by atoms with Gasteiger partial charge in [0.1, 0.15) is 24.4 Å². The van der Waals surface area contributed by atoms with Gasteiger partial charge < -0.3 is 36.8 Å². The Morgan fingerprint density at radius 1 is 1.15 bits per heavy atom. The molecule has 1 unspecified atom stereocenters. The number of nitrogens with two attached hydrogens (primary N) is 1. The van der Waals surface area contributed by atoms with E-state index in [-0.39, 0.29) is 30.1 Å².